The highest BCUT2D eigenvalue weighted by Gasteiger charge is 2.19. The molecule has 0 bridgehead atoms. The Morgan fingerprint density at radius 3 is 2.76 bits per heavy atom. The smallest absolute Gasteiger partial charge is 0.143 e. The SMILES string of the molecule is CC(Nc1ccc(Cl)c(F)c1)C1CCNCC1. The summed E-state index contributed by atoms with van der Waals surface area (Å²) >= 11 is 5.65. The first-order chi connectivity index (χ1) is 8.16. The van der Waals surface area contributed by atoms with Crippen LogP contribution in [0.1, 0.15) is 19.8 Å². The topological polar surface area (TPSA) is 24.1 Å². The Kier molecular flexibility index (Phi) is 4.24. The van der Waals surface area contributed by atoms with Gasteiger partial charge in [0, 0.05) is 11.7 Å². The van der Waals surface area contributed by atoms with E-state index in [0.29, 0.717) is 12.0 Å². The molecular weight excluding hydrogens is 239 g/mol. The van der Waals surface area contributed by atoms with E-state index in [0.717, 1.165) is 18.8 Å². The zero-order valence-corrected chi connectivity index (χ0v) is 10.7. The van der Waals surface area contributed by atoms with E-state index in [2.05, 4.69) is 17.6 Å². The average molecular weight is 257 g/mol. The Bertz CT molecular complexity index is 378. The van der Waals surface area contributed by atoms with Crippen LogP contribution >= 0.6 is 11.6 Å². The quantitative estimate of drug-likeness (QED) is 0.867. The van der Waals surface area contributed by atoms with Crippen molar-refractivity contribution in [3.05, 3.63) is 29.0 Å². The summed E-state index contributed by atoms with van der Waals surface area (Å²) in [4.78, 5) is 0. The van der Waals surface area contributed by atoms with Crippen molar-refractivity contribution < 1.29 is 4.39 Å². The third kappa shape index (κ3) is 3.33. The molecule has 1 aromatic rings. The lowest BCUT2D eigenvalue weighted by Crippen LogP contribution is -2.36. The summed E-state index contributed by atoms with van der Waals surface area (Å²) in [6.45, 7) is 4.31. The number of hydrogen-bond acceptors (Lipinski definition) is 2. The van der Waals surface area contributed by atoms with Crippen molar-refractivity contribution in [3.63, 3.8) is 0 Å². The number of anilines is 1. The molecule has 0 saturated carbocycles. The number of rotatable bonds is 3. The molecule has 1 saturated heterocycles. The number of hydrogen-bond donors (Lipinski definition) is 2. The van der Waals surface area contributed by atoms with Crippen molar-refractivity contribution in [2.24, 2.45) is 5.92 Å². The molecule has 0 radical (unpaired) electrons. The van der Waals surface area contributed by atoms with E-state index < -0.39 is 0 Å². The number of benzene rings is 1. The van der Waals surface area contributed by atoms with Crippen LogP contribution in [0.3, 0.4) is 0 Å². The van der Waals surface area contributed by atoms with E-state index in [1.807, 2.05) is 6.07 Å². The van der Waals surface area contributed by atoms with Crippen LogP contribution in [0.25, 0.3) is 0 Å². The third-order valence-electron chi connectivity index (χ3n) is 3.40. The zero-order valence-electron chi connectivity index (χ0n) is 9.97. The van der Waals surface area contributed by atoms with Crippen molar-refractivity contribution in [1.29, 1.82) is 0 Å². The van der Waals surface area contributed by atoms with Crippen molar-refractivity contribution >= 4 is 17.3 Å². The molecular formula is C13H18ClFN2. The van der Waals surface area contributed by atoms with Gasteiger partial charge < -0.3 is 10.6 Å². The molecule has 1 aliphatic heterocycles. The third-order valence-corrected chi connectivity index (χ3v) is 3.71. The molecule has 2 nitrogen and oxygen atoms in total. The van der Waals surface area contributed by atoms with Crippen molar-refractivity contribution in [2.75, 3.05) is 18.4 Å². The summed E-state index contributed by atoms with van der Waals surface area (Å²) in [6, 6.07) is 5.23. The first kappa shape index (κ1) is 12.7. The molecule has 0 amide bonds. The van der Waals surface area contributed by atoms with Gasteiger partial charge in [0.2, 0.25) is 0 Å². The van der Waals surface area contributed by atoms with Crippen molar-refractivity contribution in [1.82, 2.24) is 5.32 Å². The van der Waals surface area contributed by atoms with Gasteiger partial charge in [-0.15, -0.1) is 0 Å². The summed E-state index contributed by atoms with van der Waals surface area (Å²) in [5.74, 6) is 0.282. The minimum absolute atomic E-state index is 0.171. The minimum atomic E-state index is -0.367. The molecule has 2 N–H and O–H groups in total. The number of piperidine rings is 1. The fraction of sp³-hybridized carbons (Fsp3) is 0.538. The lowest BCUT2D eigenvalue weighted by molar-refractivity contribution is 0.343. The minimum Gasteiger partial charge on any atom is -0.382 e. The molecule has 1 atom stereocenters. The lowest BCUT2D eigenvalue weighted by Gasteiger charge is -2.29. The molecule has 0 spiro atoms. The molecule has 94 valence electrons. The van der Waals surface area contributed by atoms with Crippen LogP contribution in [0.15, 0.2) is 18.2 Å². The van der Waals surface area contributed by atoms with Crippen LogP contribution in [0.2, 0.25) is 5.02 Å². The maximum Gasteiger partial charge on any atom is 0.143 e. The molecule has 4 heteroatoms. The molecule has 2 rings (SSSR count). The molecule has 0 aromatic heterocycles. The van der Waals surface area contributed by atoms with Crippen LogP contribution in [-0.4, -0.2) is 19.1 Å². The maximum atomic E-state index is 13.3. The largest absolute Gasteiger partial charge is 0.382 e. The lowest BCUT2D eigenvalue weighted by atomic mass is 9.91. The summed E-state index contributed by atoms with van der Waals surface area (Å²) in [5.41, 5.74) is 0.804. The van der Waals surface area contributed by atoms with Gasteiger partial charge in [-0.05, 0) is 57.0 Å². The Morgan fingerprint density at radius 2 is 2.12 bits per heavy atom. The molecule has 0 aliphatic carbocycles. The maximum absolute atomic E-state index is 13.3. The van der Waals surface area contributed by atoms with Crippen molar-refractivity contribution in [3.8, 4) is 0 Å². The zero-order chi connectivity index (χ0) is 12.3. The molecule has 1 unspecified atom stereocenters. The molecule has 1 aliphatic rings. The van der Waals surface area contributed by atoms with E-state index in [-0.39, 0.29) is 10.8 Å². The summed E-state index contributed by atoms with van der Waals surface area (Å²) < 4.78 is 13.3. The van der Waals surface area contributed by atoms with E-state index in [9.17, 15) is 4.39 Å². The van der Waals surface area contributed by atoms with Gasteiger partial charge in [-0.2, -0.15) is 0 Å². The van der Waals surface area contributed by atoms with Crippen LogP contribution < -0.4 is 10.6 Å². The summed E-state index contributed by atoms with van der Waals surface area (Å²) in [6.07, 6.45) is 2.34. The van der Waals surface area contributed by atoms with E-state index in [4.69, 9.17) is 11.6 Å². The number of halogens is 2. The normalized spacial score (nSPS) is 19.0. The standard InChI is InChI=1S/C13H18ClFN2/c1-9(10-4-6-16-7-5-10)17-11-2-3-12(14)13(15)8-11/h2-3,8-10,16-17H,4-7H2,1H3. The Hall–Kier alpha value is -0.800. The van der Waals surface area contributed by atoms with Crippen LogP contribution in [0.5, 0.6) is 0 Å². The number of nitrogens with one attached hydrogen (secondary N) is 2. The van der Waals surface area contributed by atoms with Gasteiger partial charge in [0.15, 0.2) is 0 Å². The van der Waals surface area contributed by atoms with Crippen LogP contribution in [-0.2, 0) is 0 Å². The first-order valence-corrected chi connectivity index (χ1v) is 6.47. The van der Waals surface area contributed by atoms with Gasteiger partial charge in [-0.1, -0.05) is 11.6 Å². The molecule has 1 fully saturated rings. The van der Waals surface area contributed by atoms with E-state index in [1.165, 1.54) is 18.9 Å². The predicted molar refractivity (Wildman–Crippen MR) is 70.1 cm³/mol. The van der Waals surface area contributed by atoms with Crippen LogP contribution in [0, 0.1) is 11.7 Å². The molecule has 17 heavy (non-hydrogen) atoms. The monoisotopic (exact) mass is 256 g/mol. The Labute approximate surface area is 107 Å². The van der Waals surface area contributed by atoms with Gasteiger partial charge in [0.05, 0.1) is 5.02 Å². The fourth-order valence-electron chi connectivity index (χ4n) is 2.31. The Balaban J connectivity index is 1.96. The molecule has 1 aromatic carbocycles. The van der Waals surface area contributed by atoms with Crippen molar-refractivity contribution in [2.45, 2.75) is 25.8 Å². The van der Waals surface area contributed by atoms with Gasteiger partial charge in [-0.3, -0.25) is 0 Å². The van der Waals surface area contributed by atoms with Gasteiger partial charge in [0.1, 0.15) is 5.82 Å². The fourth-order valence-corrected chi connectivity index (χ4v) is 2.43. The predicted octanol–water partition coefficient (Wildman–Crippen LogP) is 3.28. The highest BCUT2D eigenvalue weighted by atomic mass is 35.5. The van der Waals surface area contributed by atoms with Gasteiger partial charge >= 0.3 is 0 Å². The van der Waals surface area contributed by atoms with Gasteiger partial charge in [0.25, 0.3) is 0 Å². The second kappa shape index (κ2) is 5.69. The van der Waals surface area contributed by atoms with E-state index >= 15 is 0 Å². The highest BCUT2D eigenvalue weighted by molar-refractivity contribution is 6.30. The average Bonchev–Trinajstić information content (AvgIpc) is 2.35. The second-order valence-electron chi connectivity index (χ2n) is 4.65. The highest BCUT2D eigenvalue weighted by Crippen LogP contribution is 2.23. The summed E-state index contributed by atoms with van der Waals surface area (Å²) in [7, 11) is 0. The van der Waals surface area contributed by atoms with Gasteiger partial charge in [-0.25, -0.2) is 4.39 Å². The molecule has 1 heterocycles. The second-order valence-corrected chi connectivity index (χ2v) is 5.06. The summed E-state index contributed by atoms with van der Waals surface area (Å²) in [5, 5.41) is 6.87. The van der Waals surface area contributed by atoms with Crippen LogP contribution in [0.4, 0.5) is 10.1 Å². The first-order valence-electron chi connectivity index (χ1n) is 6.09. The van der Waals surface area contributed by atoms with E-state index in [1.54, 1.807) is 6.07 Å². The Morgan fingerprint density at radius 1 is 1.41 bits per heavy atom.